The number of aliphatic hydroxyl groups excluding tert-OH is 1. The second kappa shape index (κ2) is 11.0. The van der Waals surface area contributed by atoms with E-state index >= 15 is 0 Å². The molecule has 6 N–H and O–H groups in total. The van der Waals surface area contributed by atoms with Crippen molar-refractivity contribution in [2.75, 3.05) is 37.6 Å². The Balaban J connectivity index is 1.74. The van der Waals surface area contributed by atoms with Gasteiger partial charge in [0.15, 0.2) is 0 Å². The van der Waals surface area contributed by atoms with Gasteiger partial charge in [0.1, 0.15) is 5.82 Å². The summed E-state index contributed by atoms with van der Waals surface area (Å²) in [6, 6.07) is 10.4. The van der Waals surface area contributed by atoms with Crippen LogP contribution in [0.5, 0.6) is 0 Å². The van der Waals surface area contributed by atoms with Crippen LogP contribution in [0.4, 0.5) is 11.5 Å². The van der Waals surface area contributed by atoms with E-state index in [1.54, 1.807) is 36.5 Å². The Labute approximate surface area is 198 Å². The molecular formula is C25H28ClN5O2. The van der Waals surface area contributed by atoms with Crippen LogP contribution in [0.25, 0.3) is 10.8 Å². The van der Waals surface area contributed by atoms with E-state index in [1.807, 2.05) is 19.9 Å². The molecule has 0 aliphatic rings. The average Bonchev–Trinajstić information content (AvgIpc) is 2.80. The van der Waals surface area contributed by atoms with Crippen LogP contribution in [0, 0.1) is 11.8 Å². The smallest absolute Gasteiger partial charge is 0.253 e. The van der Waals surface area contributed by atoms with Gasteiger partial charge in [-0.2, -0.15) is 0 Å². The molecule has 1 amide bonds. The van der Waals surface area contributed by atoms with E-state index in [4.69, 9.17) is 23.1 Å². The molecule has 3 rings (SSSR count). The highest BCUT2D eigenvalue weighted by Crippen LogP contribution is 2.25. The van der Waals surface area contributed by atoms with E-state index in [2.05, 4.69) is 27.0 Å². The molecule has 7 nitrogen and oxygen atoms in total. The Hall–Kier alpha value is -3.31. The van der Waals surface area contributed by atoms with E-state index in [0.29, 0.717) is 39.8 Å². The number of halogens is 1. The second-order valence-corrected chi connectivity index (χ2v) is 8.09. The molecule has 172 valence electrons. The van der Waals surface area contributed by atoms with Crippen LogP contribution >= 0.6 is 11.6 Å². The number of hydrogen-bond acceptors (Lipinski definition) is 6. The summed E-state index contributed by atoms with van der Waals surface area (Å²) in [4.78, 5) is 18.8. The summed E-state index contributed by atoms with van der Waals surface area (Å²) in [5.41, 5.74) is 14.0. The Morgan fingerprint density at radius 1 is 1.18 bits per heavy atom. The Kier molecular flexibility index (Phi) is 8.12. The highest BCUT2D eigenvalue weighted by atomic mass is 35.5. The highest BCUT2D eigenvalue weighted by molar-refractivity contribution is 6.31. The van der Waals surface area contributed by atoms with Gasteiger partial charge in [0.05, 0.1) is 17.2 Å². The van der Waals surface area contributed by atoms with Gasteiger partial charge >= 0.3 is 0 Å². The van der Waals surface area contributed by atoms with Crippen LogP contribution in [0.3, 0.4) is 0 Å². The molecule has 1 unspecified atom stereocenters. The van der Waals surface area contributed by atoms with E-state index in [-0.39, 0.29) is 12.5 Å². The number of nitrogens with one attached hydrogen (secondary N) is 1. The molecule has 0 radical (unpaired) electrons. The summed E-state index contributed by atoms with van der Waals surface area (Å²) < 4.78 is 0. The van der Waals surface area contributed by atoms with Gasteiger partial charge in [0.2, 0.25) is 0 Å². The van der Waals surface area contributed by atoms with Crippen LogP contribution in [0.2, 0.25) is 5.02 Å². The van der Waals surface area contributed by atoms with Crippen LogP contribution in [0.1, 0.15) is 35.3 Å². The van der Waals surface area contributed by atoms with Crippen LogP contribution in [-0.4, -0.2) is 53.2 Å². The molecule has 1 aromatic heterocycles. The van der Waals surface area contributed by atoms with Crippen LogP contribution in [-0.2, 0) is 0 Å². The number of aliphatic hydroxyl groups is 1. The van der Waals surface area contributed by atoms with Crippen LogP contribution in [0.15, 0.2) is 42.6 Å². The maximum Gasteiger partial charge on any atom is 0.253 e. The molecule has 8 heteroatoms. The second-order valence-electron chi connectivity index (χ2n) is 7.65. The lowest BCUT2D eigenvalue weighted by molar-refractivity contribution is 0.0870. The largest absolute Gasteiger partial charge is 0.398 e. The van der Waals surface area contributed by atoms with Gasteiger partial charge in [-0.15, -0.1) is 0 Å². The molecule has 2 aromatic carbocycles. The first-order valence-corrected chi connectivity index (χ1v) is 11.1. The third-order valence-electron chi connectivity index (χ3n) is 5.37. The molecule has 0 saturated carbocycles. The van der Waals surface area contributed by atoms with E-state index in [0.717, 1.165) is 23.9 Å². The van der Waals surface area contributed by atoms with Crippen molar-refractivity contribution in [1.82, 2.24) is 15.2 Å². The normalized spacial score (nSPS) is 11.8. The van der Waals surface area contributed by atoms with Crippen LogP contribution < -0.4 is 16.8 Å². The molecule has 3 aromatic rings. The maximum atomic E-state index is 12.5. The minimum absolute atomic E-state index is 0.145. The summed E-state index contributed by atoms with van der Waals surface area (Å²) in [7, 11) is 0. The monoisotopic (exact) mass is 465 g/mol. The number of hydrogen-bond donors (Lipinski definition) is 4. The lowest BCUT2D eigenvalue weighted by Gasteiger charge is -2.22. The maximum absolute atomic E-state index is 12.5. The number of nitrogens with zero attached hydrogens (tertiary/aromatic N) is 2. The molecular weight excluding hydrogens is 438 g/mol. The van der Waals surface area contributed by atoms with Crippen molar-refractivity contribution in [2.24, 2.45) is 0 Å². The number of carbonyl (C=O) groups excluding carboxylic acids is 1. The summed E-state index contributed by atoms with van der Waals surface area (Å²) in [6.45, 7) is 6.37. The van der Waals surface area contributed by atoms with Gasteiger partial charge < -0.3 is 26.8 Å². The number of rotatable bonds is 7. The average molecular weight is 466 g/mol. The van der Waals surface area contributed by atoms with Crippen molar-refractivity contribution >= 4 is 39.8 Å². The molecule has 0 fully saturated rings. The number of carbonyl (C=O) groups is 1. The SMILES string of the molecule is CCN(CC)CC(O)CNC(=O)c1ccc(C#Cc2c(N)ncc3ccc(Cl)cc23)cc1N. The number of nitrogen functional groups attached to an aromatic ring is 2. The first-order chi connectivity index (χ1) is 15.8. The summed E-state index contributed by atoms with van der Waals surface area (Å²) in [5, 5.41) is 15.2. The first-order valence-electron chi connectivity index (χ1n) is 10.8. The van der Waals surface area contributed by atoms with Crippen molar-refractivity contribution in [3.63, 3.8) is 0 Å². The fourth-order valence-corrected chi connectivity index (χ4v) is 3.63. The number of amides is 1. The zero-order chi connectivity index (χ0) is 24.0. The van der Waals surface area contributed by atoms with Gasteiger partial charge in [-0.05, 0) is 43.4 Å². The van der Waals surface area contributed by atoms with Crippen molar-refractivity contribution < 1.29 is 9.90 Å². The number of benzene rings is 2. The van der Waals surface area contributed by atoms with Gasteiger partial charge in [0, 0.05) is 46.3 Å². The van der Waals surface area contributed by atoms with Gasteiger partial charge in [-0.3, -0.25) is 4.79 Å². The third kappa shape index (κ3) is 6.14. The number of fused-ring (bicyclic) bond motifs is 1. The molecule has 0 aliphatic carbocycles. The number of anilines is 2. The quantitative estimate of drug-likeness (QED) is 0.315. The molecule has 1 heterocycles. The Bertz CT molecular complexity index is 1210. The summed E-state index contributed by atoms with van der Waals surface area (Å²) in [5.74, 6) is 6.05. The van der Waals surface area contributed by atoms with Crippen molar-refractivity contribution in [3.8, 4) is 11.8 Å². The Morgan fingerprint density at radius 3 is 2.64 bits per heavy atom. The summed E-state index contributed by atoms with van der Waals surface area (Å²) in [6.07, 6.45) is 1.02. The molecule has 0 aliphatic heterocycles. The predicted molar refractivity (Wildman–Crippen MR) is 134 cm³/mol. The lowest BCUT2D eigenvalue weighted by Crippen LogP contribution is -2.40. The zero-order valence-electron chi connectivity index (χ0n) is 18.7. The zero-order valence-corrected chi connectivity index (χ0v) is 19.5. The van der Waals surface area contributed by atoms with Gasteiger partial charge in [-0.25, -0.2) is 4.98 Å². The molecule has 1 atom stereocenters. The molecule has 0 spiro atoms. The number of nitrogens with two attached hydrogens (primary N) is 2. The van der Waals surface area contributed by atoms with E-state index in [9.17, 15) is 9.90 Å². The molecule has 33 heavy (non-hydrogen) atoms. The third-order valence-corrected chi connectivity index (χ3v) is 5.61. The molecule has 0 saturated heterocycles. The first kappa shape index (κ1) is 24.3. The molecule has 0 bridgehead atoms. The summed E-state index contributed by atoms with van der Waals surface area (Å²) >= 11 is 6.13. The fourth-order valence-electron chi connectivity index (χ4n) is 3.46. The minimum Gasteiger partial charge on any atom is -0.398 e. The standard InChI is InChI=1S/C25H28ClN5O2/c1-3-31(4-2)15-19(32)14-30-25(33)21-10-6-16(11-23(21)27)5-9-20-22-12-18(26)8-7-17(22)13-29-24(20)28/h6-8,10-13,19,32H,3-4,14-15,27H2,1-2H3,(H2,28,29)(H,30,33). The minimum atomic E-state index is -0.659. The van der Waals surface area contributed by atoms with E-state index in [1.165, 1.54) is 0 Å². The fraction of sp³-hybridized carbons (Fsp3) is 0.280. The van der Waals surface area contributed by atoms with Crippen molar-refractivity contribution in [2.45, 2.75) is 20.0 Å². The van der Waals surface area contributed by atoms with Crippen molar-refractivity contribution in [1.29, 1.82) is 0 Å². The topological polar surface area (TPSA) is 118 Å². The number of likely N-dealkylation sites (N-methyl/N-ethyl adjacent to an activating group) is 1. The number of pyridine rings is 1. The predicted octanol–water partition coefficient (Wildman–Crippen LogP) is 2.88. The van der Waals surface area contributed by atoms with E-state index < -0.39 is 6.10 Å². The lowest BCUT2D eigenvalue weighted by atomic mass is 10.1. The Morgan fingerprint density at radius 2 is 1.94 bits per heavy atom. The van der Waals surface area contributed by atoms with Gasteiger partial charge in [0.25, 0.3) is 5.91 Å². The van der Waals surface area contributed by atoms with Crippen molar-refractivity contribution in [3.05, 3.63) is 64.3 Å². The number of aromatic nitrogens is 1. The highest BCUT2D eigenvalue weighted by Gasteiger charge is 2.14. The van der Waals surface area contributed by atoms with Gasteiger partial charge in [-0.1, -0.05) is 43.4 Å².